The number of hydrogen-bond donors (Lipinski definition) is 2. The van der Waals surface area contributed by atoms with Crippen LogP contribution in [-0.4, -0.2) is 29.9 Å². The third-order valence-electron chi connectivity index (χ3n) is 4.14. The number of carbonyl (C=O) groups excluding carboxylic acids is 1. The van der Waals surface area contributed by atoms with E-state index in [-0.39, 0.29) is 23.5 Å². The van der Waals surface area contributed by atoms with E-state index in [4.69, 9.17) is 0 Å². The van der Waals surface area contributed by atoms with Crippen LogP contribution in [0.5, 0.6) is 0 Å². The molecule has 1 fully saturated rings. The molecule has 5 heteroatoms. The molecule has 0 bridgehead atoms. The minimum absolute atomic E-state index is 0.0460. The van der Waals surface area contributed by atoms with Gasteiger partial charge in [-0.2, -0.15) is 0 Å². The molecule has 21 heavy (non-hydrogen) atoms. The number of carboxylic acids is 1. The van der Waals surface area contributed by atoms with E-state index >= 15 is 0 Å². The monoisotopic (exact) mass is 309 g/mol. The second-order valence-electron chi connectivity index (χ2n) is 6.12. The van der Waals surface area contributed by atoms with Crippen molar-refractivity contribution in [2.45, 2.75) is 33.1 Å². The Balaban J connectivity index is 1.99. The molecule has 0 aliphatic carbocycles. The quantitative estimate of drug-likeness (QED) is 0.811. The van der Waals surface area contributed by atoms with Crippen molar-refractivity contribution >= 4 is 23.1 Å². The van der Waals surface area contributed by atoms with Crippen LogP contribution in [0, 0.1) is 17.8 Å². The first-order valence-corrected chi connectivity index (χ1v) is 8.38. The molecule has 2 N–H and O–H groups in total. The molecule has 1 saturated heterocycles. The number of aliphatic carboxylic acids is 1. The van der Waals surface area contributed by atoms with E-state index in [1.54, 1.807) is 11.3 Å². The largest absolute Gasteiger partial charge is 0.481 e. The molecule has 1 aliphatic rings. The molecule has 0 aromatic carbocycles. The van der Waals surface area contributed by atoms with Crippen LogP contribution in [-0.2, 0) is 22.4 Å². The van der Waals surface area contributed by atoms with Gasteiger partial charge in [0.15, 0.2) is 0 Å². The van der Waals surface area contributed by atoms with Crippen molar-refractivity contribution in [3.63, 3.8) is 0 Å². The van der Waals surface area contributed by atoms with Gasteiger partial charge in [-0.1, -0.05) is 13.8 Å². The van der Waals surface area contributed by atoms with Gasteiger partial charge in [-0.25, -0.2) is 0 Å². The number of rotatable bonds is 7. The van der Waals surface area contributed by atoms with Crippen molar-refractivity contribution in [3.8, 4) is 0 Å². The second-order valence-corrected chi connectivity index (χ2v) is 7.12. The number of carbonyl (C=O) groups is 2. The number of carboxylic acid groups (broad SMARTS) is 1. The molecule has 2 atom stereocenters. The van der Waals surface area contributed by atoms with E-state index < -0.39 is 5.97 Å². The number of hydrogen-bond acceptors (Lipinski definition) is 4. The molecular weight excluding hydrogens is 286 g/mol. The van der Waals surface area contributed by atoms with Crippen LogP contribution in [0.1, 0.15) is 30.7 Å². The third kappa shape index (κ3) is 4.38. The SMILES string of the molecule is CC(C)C(=O)Cc1csc(CC(C(=O)O)C2CCNC2)c1. The maximum Gasteiger partial charge on any atom is 0.307 e. The molecular formula is C16H23NO3S. The first-order valence-electron chi connectivity index (χ1n) is 7.50. The maximum atomic E-state index is 11.8. The molecule has 116 valence electrons. The van der Waals surface area contributed by atoms with Gasteiger partial charge in [-0.15, -0.1) is 11.3 Å². The van der Waals surface area contributed by atoms with Crippen LogP contribution < -0.4 is 5.32 Å². The Morgan fingerprint density at radius 2 is 2.24 bits per heavy atom. The fourth-order valence-electron chi connectivity index (χ4n) is 2.72. The highest BCUT2D eigenvalue weighted by molar-refractivity contribution is 7.10. The minimum atomic E-state index is -0.711. The Hall–Kier alpha value is -1.20. The van der Waals surface area contributed by atoms with Gasteiger partial charge in [0.25, 0.3) is 0 Å². The van der Waals surface area contributed by atoms with Gasteiger partial charge in [0.2, 0.25) is 0 Å². The fourth-order valence-corrected chi connectivity index (χ4v) is 3.67. The zero-order valence-electron chi connectivity index (χ0n) is 12.6. The fraction of sp³-hybridized carbons (Fsp3) is 0.625. The highest BCUT2D eigenvalue weighted by Gasteiger charge is 2.30. The Labute approximate surface area is 129 Å². The van der Waals surface area contributed by atoms with Gasteiger partial charge in [0, 0.05) is 17.2 Å². The summed E-state index contributed by atoms with van der Waals surface area (Å²) in [7, 11) is 0. The lowest BCUT2D eigenvalue weighted by Crippen LogP contribution is -2.27. The van der Waals surface area contributed by atoms with Gasteiger partial charge >= 0.3 is 5.97 Å². The van der Waals surface area contributed by atoms with Gasteiger partial charge in [0.05, 0.1) is 5.92 Å². The summed E-state index contributed by atoms with van der Waals surface area (Å²) in [4.78, 5) is 24.3. The molecule has 0 spiro atoms. The van der Waals surface area contributed by atoms with Crippen molar-refractivity contribution in [2.24, 2.45) is 17.8 Å². The number of Topliss-reactive ketones (excluding diaryl/α,β-unsaturated/α-hetero) is 1. The molecule has 0 saturated carbocycles. The first kappa shape index (κ1) is 16.2. The van der Waals surface area contributed by atoms with Crippen LogP contribution in [0.4, 0.5) is 0 Å². The number of nitrogens with one attached hydrogen (secondary N) is 1. The average molecular weight is 309 g/mol. The summed E-state index contributed by atoms with van der Waals surface area (Å²) < 4.78 is 0. The molecule has 2 rings (SSSR count). The van der Waals surface area contributed by atoms with E-state index in [1.165, 1.54) is 0 Å². The summed E-state index contributed by atoms with van der Waals surface area (Å²) in [6, 6.07) is 2.00. The molecule has 4 nitrogen and oxygen atoms in total. The van der Waals surface area contributed by atoms with Crippen LogP contribution in [0.25, 0.3) is 0 Å². The Kier molecular flexibility index (Phi) is 5.53. The van der Waals surface area contributed by atoms with Crippen molar-refractivity contribution < 1.29 is 14.7 Å². The Bertz CT molecular complexity index is 503. The summed E-state index contributed by atoms with van der Waals surface area (Å²) in [5.41, 5.74) is 1.02. The second kappa shape index (κ2) is 7.18. The number of ketones is 1. The summed E-state index contributed by atoms with van der Waals surface area (Å²) in [6.45, 7) is 5.51. The smallest absolute Gasteiger partial charge is 0.307 e. The van der Waals surface area contributed by atoms with Crippen molar-refractivity contribution in [3.05, 3.63) is 21.9 Å². The summed E-state index contributed by atoms with van der Waals surface area (Å²) in [5.74, 6) is -0.548. The minimum Gasteiger partial charge on any atom is -0.481 e. The summed E-state index contributed by atoms with van der Waals surface area (Å²) in [6.07, 6.45) is 1.96. The standard InChI is InChI=1S/C16H23NO3S/c1-10(2)15(18)6-11-5-13(21-9-11)7-14(16(19)20)12-3-4-17-8-12/h5,9-10,12,14,17H,3-4,6-8H2,1-2H3,(H,19,20). The van der Waals surface area contributed by atoms with E-state index in [9.17, 15) is 14.7 Å². The zero-order valence-corrected chi connectivity index (χ0v) is 13.4. The van der Waals surface area contributed by atoms with Gasteiger partial charge in [0.1, 0.15) is 5.78 Å². The molecule has 2 unspecified atom stereocenters. The van der Waals surface area contributed by atoms with E-state index in [2.05, 4.69) is 5.32 Å². The maximum absolute atomic E-state index is 11.8. The van der Waals surface area contributed by atoms with Crippen molar-refractivity contribution in [1.82, 2.24) is 5.32 Å². The first-order chi connectivity index (χ1) is 9.97. The molecule has 1 aromatic rings. The van der Waals surface area contributed by atoms with Crippen molar-refractivity contribution in [1.29, 1.82) is 0 Å². The van der Waals surface area contributed by atoms with E-state index in [0.29, 0.717) is 12.8 Å². The average Bonchev–Trinajstić information content (AvgIpc) is 3.06. The molecule has 1 aliphatic heterocycles. The topological polar surface area (TPSA) is 66.4 Å². The van der Waals surface area contributed by atoms with Crippen LogP contribution >= 0.6 is 11.3 Å². The van der Waals surface area contributed by atoms with Crippen LogP contribution in [0.2, 0.25) is 0 Å². The lowest BCUT2D eigenvalue weighted by molar-refractivity contribution is -0.143. The van der Waals surface area contributed by atoms with Crippen LogP contribution in [0.3, 0.4) is 0 Å². The van der Waals surface area contributed by atoms with Gasteiger partial charge in [-0.3, -0.25) is 9.59 Å². The molecule has 0 amide bonds. The van der Waals surface area contributed by atoms with Crippen molar-refractivity contribution in [2.75, 3.05) is 13.1 Å². The Morgan fingerprint density at radius 1 is 1.48 bits per heavy atom. The molecule has 1 aromatic heterocycles. The van der Waals surface area contributed by atoms with Gasteiger partial charge < -0.3 is 10.4 Å². The lowest BCUT2D eigenvalue weighted by atomic mass is 9.88. The molecule has 0 radical (unpaired) electrons. The highest BCUT2D eigenvalue weighted by Crippen LogP contribution is 2.27. The summed E-state index contributed by atoms with van der Waals surface area (Å²) in [5, 5.41) is 14.7. The third-order valence-corrected chi connectivity index (χ3v) is 5.14. The predicted octanol–water partition coefficient (Wildman–Crippen LogP) is 2.37. The zero-order chi connectivity index (χ0) is 15.4. The molecule has 2 heterocycles. The van der Waals surface area contributed by atoms with E-state index in [1.807, 2.05) is 25.3 Å². The normalized spacial score (nSPS) is 19.9. The van der Waals surface area contributed by atoms with E-state index in [0.717, 1.165) is 30.0 Å². The highest BCUT2D eigenvalue weighted by atomic mass is 32.1. The lowest BCUT2D eigenvalue weighted by Gasteiger charge is -2.17. The van der Waals surface area contributed by atoms with Crippen LogP contribution in [0.15, 0.2) is 11.4 Å². The number of thiophene rings is 1. The Morgan fingerprint density at radius 3 is 2.81 bits per heavy atom. The summed E-state index contributed by atoms with van der Waals surface area (Å²) >= 11 is 1.57. The predicted molar refractivity (Wildman–Crippen MR) is 83.7 cm³/mol. The van der Waals surface area contributed by atoms with Gasteiger partial charge in [-0.05, 0) is 48.9 Å².